The van der Waals surface area contributed by atoms with E-state index in [4.69, 9.17) is 4.74 Å². The molecule has 1 aliphatic carbocycles. The molecule has 4 aromatic rings. The minimum Gasteiger partial charge on any atom is -0.437 e. The maximum Gasteiger partial charge on any atom is 0.252 e. The monoisotopic (exact) mass is 648 g/mol. The molecule has 0 spiro atoms. The molecule has 0 unspecified atom stereocenters. The topological polar surface area (TPSA) is 118 Å². The van der Waals surface area contributed by atoms with Gasteiger partial charge in [-0.3, -0.25) is 4.72 Å². The van der Waals surface area contributed by atoms with E-state index in [1.165, 1.54) is 6.07 Å². The van der Waals surface area contributed by atoms with Gasteiger partial charge in [-0.1, -0.05) is 12.1 Å². The number of pyridine rings is 1. The second kappa shape index (κ2) is 12.7. The van der Waals surface area contributed by atoms with Crippen molar-refractivity contribution < 1.29 is 26.3 Å². The summed E-state index contributed by atoms with van der Waals surface area (Å²) in [7, 11) is -4.27. The Balaban J connectivity index is 0.00000384. The van der Waals surface area contributed by atoms with Crippen molar-refractivity contribution >= 4 is 44.8 Å². The molecule has 1 aliphatic heterocycles. The van der Waals surface area contributed by atoms with Crippen LogP contribution in [0, 0.1) is 18.7 Å². The average Bonchev–Trinajstić information content (AvgIpc) is 2.99. The summed E-state index contributed by atoms with van der Waals surface area (Å²) in [5.41, 5.74) is 1.54. The van der Waals surface area contributed by atoms with Crippen molar-refractivity contribution in [2.24, 2.45) is 5.92 Å². The van der Waals surface area contributed by atoms with Crippen LogP contribution in [0.1, 0.15) is 31.2 Å². The molecule has 0 amide bonds. The van der Waals surface area contributed by atoms with Gasteiger partial charge in [0.2, 0.25) is 21.9 Å². The molecule has 2 aromatic heterocycles. The smallest absolute Gasteiger partial charge is 0.252 e. The third-order valence-electron chi connectivity index (χ3n) is 7.93. The highest BCUT2D eigenvalue weighted by Crippen LogP contribution is 2.45. The third-order valence-corrected chi connectivity index (χ3v) is 9.29. The number of fused-ring (bicyclic) bond motifs is 1. The van der Waals surface area contributed by atoms with Crippen LogP contribution >= 0.6 is 12.4 Å². The lowest BCUT2D eigenvalue weighted by Gasteiger charge is -2.35. The van der Waals surface area contributed by atoms with Gasteiger partial charge in [0, 0.05) is 48.1 Å². The number of piperidine rings is 1. The number of aromatic nitrogens is 3. The van der Waals surface area contributed by atoms with Crippen molar-refractivity contribution in [3.05, 3.63) is 66.2 Å². The summed E-state index contributed by atoms with van der Waals surface area (Å²) in [6, 6.07) is 11.4. The van der Waals surface area contributed by atoms with Crippen molar-refractivity contribution in [2.75, 3.05) is 28.9 Å². The average molecular weight is 649 g/mol. The second-order valence-electron chi connectivity index (χ2n) is 11.0. The zero-order valence-corrected chi connectivity index (χ0v) is 25.5. The van der Waals surface area contributed by atoms with Gasteiger partial charge >= 0.3 is 0 Å². The first-order chi connectivity index (χ1) is 20.6. The lowest BCUT2D eigenvalue weighted by molar-refractivity contribution is -0.122. The van der Waals surface area contributed by atoms with E-state index in [1.807, 2.05) is 6.07 Å². The summed E-state index contributed by atoms with van der Waals surface area (Å²) in [5.74, 6) is -4.92. The number of rotatable bonds is 9. The van der Waals surface area contributed by atoms with Crippen LogP contribution in [-0.4, -0.2) is 54.2 Å². The molecule has 1 saturated heterocycles. The van der Waals surface area contributed by atoms with Crippen LogP contribution in [0.2, 0.25) is 0 Å². The van der Waals surface area contributed by atoms with Crippen LogP contribution in [0.5, 0.6) is 11.6 Å². The summed E-state index contributed by atoms with van der Waals surface area (Å²) in [6.07, 6.45) is 5.04. The highest BCUT2D eigenvalue weighted by atomic mass is 35.5. The normalized spacial score (nSPS) is 19.5. The van der Waals surface area contributed by atoms with Crippen molar-refractivity contribution in [1.29, 1.82) is 0 Å². The molecule has 6 rings (SSSR count). The molecule has 2 aromatic carbocycles. The van der Waals surface area contributed by atoms with Gasteiger partial charge in [0.1, 0.15) is 11.6 Å². The first-order valence-corrected chi connectivity index (χ1v) is 15.8. The molecule has 2 fully saturated rings. The van der Waals surface area contributed by atoms with Crippen LogP contribution < -0.4 is 20.1 Å². The number of nitrogens with one attached hydrogen (secondary N) is 3. The van der Waals surface area contributed by atoms with Crippen LogP contribution in [0.25, 0.3) is 22.0 Å². The predicted octanol–water partition coefficient (Wildman–Crippen LogP) is 6.30. The first-order valence-electron chi connectivity index (χ1n) is 14.1. The number of sulfonamides is 1. The second-order valence-corrected chi connectivity index (χ2v) is 12.8. The number of hydrogen-bond donors (Lipinski definition) is 3. The van der Waals surface area contributed by atoms with Gasteiger partial charge in [0.15, 0.2) is 0 Å². The minimum atomic E-state index is -4.27. The van der Waals surface area contributed by atoms with E-state index in [2.05, 4.69) is 30.3 Å². The van der Waals surface area contributed by atoms with E-state index in [-0.39, 0.29) is 48.2 Å². The largest absolute Gasteiger partial charge is 0.437 e. The van der Waals surface area contributed by atoms with E-state index < -0.39 is 33.4 Å². The van der Waals surface area contributed by atoms with Gasteiger partial charge < -0.3 is 15.4 Å². The number of benzene rings is 2. The minimum absolute atomic E-state index is 0. The molecule has 3 heterocycles. The molecule has 14 heteroatoms. The van der Waals surface area contributed by atoms with Crippen molar-refractivity contribution in [1.82, 2.24) is 20.3 Å². The Bertz CT molecular complexity index is 1770. The summed E-state index contributed by atoms with van der Waals surface area (Å²) < 4.78 is 76.8. The Morgan fingerprint density at radius 3 is 2.61 bits per heavy atom. The third kappa shape index (κ3) is 6.69. The lowest BCUT2D eigenvalue weighted by atomic mass is 9.82. The molecular formula is C30H32ClF3N6O3S. The van der Waals surface area contributed by atoms with Crippen molar-refractivity contribution in [3.8, 4) is 22.9 Å². The van der Waals surface area contributed by atoms with E-state index in [1.54, 1.807) is 43.6 Å². The van der Waals surface area contributed by atoms with Crippen LogP contribution in [0.4, 0.5) is 24.8 Å². The molecular weight excluding hydrogens is 617 g/mol. The Hall–Kier alpha value is -3.68. The molecule has 2 aliphatic rings. The van der Waals surface area contributed by atoms with E-state index in [0.29, 0.717) is 33.9 Å². The maximum absolute atomic E-state index is 15.0. The zero-order valence-electron chi connectivity index (χ0n) is 23.8. The Morgan fingerprint density at radius 1 is 1.07 bits per heavy atom. The Labute approximate surface area is 259 Å². The molecule has 3 N–H and O–H groups in total. The molecule has 0 radical (unpaired) electrons. The fourth-order valence-electron chi connectivity index (χ4n) is 5.43. The van der Waals surface area contributed by atoms with Crippen LogP contribution in [-0.2, 0) is 10.0 Å². The van der Waals surface area contributed by atoms with Crippen molar-refractivity contribution in [3.63, 3.8) is 0 Å². The molecule has 1 saturated carbocycles. The predicted molar refractivity (Wildman–Crippen MR) is 166 cm³/mol. The first kappa shape index (κ1) is 31.7. The summed E-state index contributed by atoms with van der Waals surface area (Å²) in [5, 5.41) is 7.36. The molecule has 9 nitrogen and oxygen atoms in total. The standard InChI is InChI=1S/C30H31F3N6O3S.ClH/c1-18-6-7-21-22(8-9-24(31)26(21)39-43(40,41)17-19-10-12-30(19,32)33)27(18)42-28-23(5-3-14-35-28)25-11-15-36-29(38-25)37-20-4-2-13-34-16-20;/h3,5-9,11,14-15,19-20,34,39H,2,4,10,12-13,16-17H2,1H3,(H,36,37,38);1H/t19-,20+;/m1./s1. The number of aryl methyl sites for hydroxylation is 1. The highest BCUT2D eigenvalue weighted by Gasteiger charge is 2.50. The number of ether oxygens (including phenoxy) is 1. The Kier molecular flexibility index (Phi) is 9.19. The van der Waals surface area contributed by atoms with E-state index in [0.717, 1.165) is 32.0 Å². The number of halogens is 4. The van der Waals surface area contributed by atoms with Gasteiger partial charge in [0.05, 0.1) is 22.7 Å². The fraction of sp³-hybridized carbons (Fsp3) is 0.367. The van der Waals surface area contributed by atoms with E-state index >= 15 is 4.39 Å². The number of hydrogen-bond acceptors (Lipinski definition) is 8. The quantitative estimate of drug-likeness (QED) is 0.193. The molecule has 44 heavy (non-hydrogen) atoms. The number of alkyl halides is 2. The fourth-order valence-corrected chi connectivity index (χ4v) is 6.98. The zero-order chi connectivity index (χ0) is 30.2. The van der Waals surface area contributed by atoms with E-state index in [9.17, 15) is 17.2 Å². The van der Waals surface area contributed by atoms with Gasteiger partial charge in [0.25, 0.3) is 5.92 Å². The molecule has 234 valence electrons. The summed E-state index contributed by atoms with van der Waals surface area (Å²) in [6.45, 7) is 3.61. The Morgan fingerprint density at radius 2 is 1.89 bits per heavy atom. The maximum atomic E-state index is 15.0. The lowest BCUT2D eigenvalue weighted by Crippen LogP contribution is -2.43. The molecule has 2 atom stereocenters. The van der Waals surface area contributed by atoms with Crippen molar-refractivity contribution in [2.45, 2.75) is 44.6 Å². The SMILES string of the molecule is Cc1ccc2c(NS(=O)(=O)C[C@H]3CCC3(F)F)c(F)ccc2c1Oc1ncccc1-c1ccnc(N[C@H]2CCCNC2)n1.Cl. The molecule has 0 bridgehead atoms. The number of anilines is 2. The van der Waals surface area contributed by atoms with Gasteiger partial charge in [-0.05, 0) is 68.6 Å². The van der Waals surface area contributed by atoms with Gasteiger partial charge in [-0.15, -0.1) is 12.4 Å². The summed E-state index contributed by atoms with van der Waals surface area (Å²) in [4.78, 5) is 13.5. The number of nitrogens with zero attached hydrogens (tertiary/aromatic N) is 3. The van der Waals surface area contributed by atoms with Gasteiger partial charge in [-0.25, -0.2) is 36.5 Å². The van der Waals surface area contributed by atoms with Crippen LogP contribution in [0.15, 0.2) is 54.9 Å². The summed E-state index contributed by atoms with van der Waals surface area (Å²) >= 11 is 0. The van der Waals surface area contributed by atoms with Gasteiger partial charge in [-0.2, -0.15) is 0 Å². The highest BCUT2D eigenvalue weighted by molar-refractivity contribution is 7.92. The van der Waals surface area contributed by atoms with Crippen LogP contribution in [0.3, 0.4) is 0 Å².